The molecule has 0 spiro atoms. The van der Waals surface area contributed by atoms with Gasteiger partial charge in [-0.1, -0.05) is 13.0 Å². The molecule has 17 heavy (non-hydrogen) atoms. The molecular formula is C12H21NO4. The Labute approximate surface area is 102 Å². The maximum absolute atomic E-state index is 11.6. The Hall–Kier alpha value is -1.52. The van der Waals surface area contributed by atoms with Crippen molar-refractivity contribution < 1.29 is 19.4 Å². The van der Waals surface area contributed by atoms with Crippen LogP contribution in [-0.2, 0) is 9.53 Å². The van der Waals surface area contributed by atoms with Gasteiger partial charge in [-0.05, 0) is 27.7 Å². The first-order chi connectivity index (χ1) is 7.53. The fourth-order valence-electron chi connectivity index (χ4n) is 1.11. The van der Waals surface area contributed by atoms with Crippen molar-refractivity contribution in [2.45, 2.75) is 45.8 Å². The Morgan fingerprint density at radius 2 is 1.82 bits per heavy atom. The first-order valence-corrected chi connectivity index (χ1v) is 5.40. The fraction of sp³-hybridized carbons (Fsp3) is 0.667. The van der Waals surface area contributed by atoms with Crippen LogP contribution in [0.4, 0.5) is 4.79 Å². The number of hydrogen-bond donors (Lipinski definition) is 2. The molecule has 0 radical (unpaired) electrons. The van der Waals surface area contributed by atoms with E-state index in [0.29, 0.717) is 0 Å². The van der Waals surface area contributed by atoms with E-state index in [-0.39, 0.29) is 0 Å². The van der Waals surface area contributed by atoms with Crippen molar-refractivity contribution >= 4 is 12.1 Å². The zero-order chi connectivity index (χ0) is 13.9. The summed E-state index contributed by atoms with van der Waals surface area (Å²) in [4.78, 5) is 22.8. The highest BCUT2D eigenvalue weighted by atomic mass is 16.6. The van der Waals surface area contributed by atoms with Crippen molar-refractivity contribution in [2.24, 2.45) is 5.92 Å². The van der Waals surface area contributed by atoms with Crippen LogP contribution in [0.3, 0.4) is 0 Å². The third kappa shape index (κ3) is 4.46. The van der Waals surface area contributed by atoms with Gasteiger partial charge in [-0.2, -0.15) is 0 Å². The molecule has 0 rings (SSSR count). The normalized spacial score (nSPS) is 16.5. The number of alkyl carbamates (subject to hydrolysis) is 1. The van der Waals surface area contributed by atoms with Crippen molar-refractivity contribution in [1.82, 2.24) is 5.32 Å². The molecule has 5 heteroatoms. The highest BCUT2D eigenvalue weighted by molar-refractivity contribution is 5.84. The van der Waals surface area contributed by atoms with Gasteiger partial charge >= 0.3 is 12.1 Å². The number of nitrogens with one attached hydrogen (secondary N) is 1. The molecule has 0 fully saturated rings. The van der Waals surface area contributed by atoms with Crippen molar-refractivity contribution in [2.75, 3.05) is 0 Å². The monoisotopic (exact) mass is 243 g/mol. The SMILES string of the molecule is C=C[C@H](C)[C@](C)(NC(=O)OC(C)(C)C)C(=O)O. The smallest absolute Gasteiger partial charge is 0.408 e. The molecule has 0 aromatic carbocycles. The summed E-state index contributed by atoms with van der Waals surface area (Å²) in [5.74, 6) is -1.55. The zero-order valence-corrected chi connectivity index (χ0v) is 11.0. The van der Waals surface area contributed by atoms with Crippen molar-refractivity contribution in [1.29, 1.82) is 0 Å². The number of amides is 1. The predicted octanol–water partition coefficient (Wildman–Crippen LogP) is 2.18. The Morgan fingerprint density at radius 3 is 2.12 bits per heavy atom. The van der Waals surface area contributed by atoms with Gasteiger partial charge in [-0.3, -0.25) is 0 Å². The van der Waals surface area contributed by atoms with Crippen LogP contribution in [-0.4, -0.2) is 28.3 Å². The third-order valence-electron chi connectivity index (χ3n) is 2.47. The molecule has 1 amide bonds. The molecule has 0 aliphatic rings. The van der Waals surface area contributed by atoms with Gasteiger partial charge in [-0.15, -0.1) is 6.58 Å². The van der Waals surface area contributed by atoms with E-state index in [1.54, 1.807) is 27.7 Å². The van der Waals surface area contributed by atoms with E-state index >= 15 is 0 Å². The molecule has 2 atom stereocenters. The van der Waals surface area contributed by atoms with E-state index in [1.165, 1.54) is 13.0 Å². The molecule has 0 aromatic rings. The molecule has 0 saturated carbocycles. The fourth-order valence-corrected chi connectivity index (χ4v) is 1.11. The Kier molecular flexibility index (Phi) is 4.74. The second kappa shape index (κ2) is 5.21. The zero-order valence-electron chi connectivity index (χ0n) is 11.0. The van der Waals surface area contributed by atoms with Gasteiger partial charge in [0.05, 0.1) is 0 Å². The first-order valence-electron chi connectivity index (χ1n) is 5.40. The molecule has 2 N–H and O–H groups in total. The van der Waals surface area contributed by atoms with Crippen LogP contribution >= 0.6 is 0 Å². The van der Waals surface area contributed by atoms with E-state index < -0.39 is 29.1 Å². The lowest BCUT2D eigenvalue weighted by molar-refractivity contribution is -0.145. The van der Waals surface area contributed by atoms with Crippen molar-refractivity contribution in [3.63, 3.8) is 0 Å². The van der Waals surface area contributed by atoms with Crippen molar-refractivity contribution in [3.05, 3.63) is 12.7 Å². The summed E-state index contributed by atoms with van der Waals surface area (Å²) < 4.78 is 5.03. The van der Waals surface area contributed by atoms with Gasteiger partial charge in [0.1, 0.15) is 11.1 Å². The molecule has 0 unspecified atom stereocenters. The quantitative estimate of drug-likeness (QED) is 0.742. The number of rotatable bonds is 4. The number of hydrogen-bond acceptors (Lipinski definition) is 3. The van der Waals surface area contributed by atoms with Crippen LogP contribution in [0, 0.1) is 5.92 Å². The highest BCUT2D eigenvalue weighted by Gasteiger charge is 2.40. The molecule has 0 bridgehead atoms. The summed E-state index contributed by atoms with van der Waals surface area (Å²) in [5.41, 5.74) is -2.09. The summed E-state index contributed by atoms with van der Waals surface area (Å²) >= 11 is 0. The molecule has 0 aliphatic carbocycles. The minimum atomic E-state index is -1.43. The van der Waals surface area contributed by atoms with E-state index in [4.69, 9.17) is 9.84 Å². The van der Waals surface area contributed by atoms with Crippen LogP contribution in [0.2, 0.25) is 0 Å². The van der Waals surface area contributed by atoms with E-state index in [9.17, 15) is 9.59 Å². The Balaban J connectivity index is 4.85. The summed E-state index contributed by atoms with van der Waals surface area (Å²) in [6.45, 7) is 11.8. The second-order valence-electron chi connectivity index (χ2n) is 5.16. The van der Waals surface area contributed by atoms with Crippen LogP contribution in [0.25, 0.3) is 0 Å². The molecule has 5 nitrogen and oxygen atoms in total. The molecular weight excluding hydrogens is 222 g/mol. The van der Waals surface area contributed by atoms with Gasteiger partial charge in [0.25, 0.3) is 0 Å². The van der Waals surface area contributed by atoms with Crippen molar-refractivity contribution in [3.8, 4) is 0 Å². The average molecular weight is 243 g/mol. The lowest BCUT2D eigenvalue weighted by atomic mass is 9.87. The largest absolute Gasteiger partial charge is 0.479 e. The van der Waals surface area contributed by atoms with Gasteiger partial charge < -0.3 is 15.2 Å². The predicted molar refractivity (Wildman–Crippen MR) is 64.8 cm³/mol. The van der Waals surface area contributed by atoms with Gasteiger partial charge in [0, 0.05) is 5.92 Å². The number of aliphatic carboxylic acids is 1. The van der Waals surface area contributed by atoms with E-state index in [1.807, 2.05) is 0 Å². The van der Waals surface area contributed by atoms with E-state index in [0.717, 1.165) is 0 Å². The number of carbonyl (C=O) groups is 2. The number of carbonyl (C=O) groups excluding carboxylic acids is 1. The first kappa shape index (κ1) is 15.5. The standard InChI is InChI=1S/C12H21NO4/c1-7-8(2)12(6,9(14)15)13-10(16)17-11(3,4)5/h7-8H,1H2,2-6H3,(H,13,16)(H,14,15)/t8-,12-/m0/s1. The third-order valence-corrected chi connectivity index (χ3v) is 2.47. The molecule has 0 heterocycles. The maximum atomic E-state index is 11.6. The average Bonchev–Trinajstić information content (AvgIpc) is 2.12. The number of ether oxygens (including phenoxy) is 1. The molecule has 0 saturated heterocycles. The highest BCUT2D eigenvalue weighted by Crippen LogP contribution is 2.19. The molecule has 0 aromatic heterocycles. The van der Waals surface area contributed by atoms with Gasteiger partial charge in [0.15, 0.2) is 0 Å². The second-order valence-corrected chi connectivity index (χ2v) is 5.16. The summed E-state index contributed by atoms with van der Waals surface area (Å²) in [6, 6.07) is 0. The van der Waals surface area contributed by atoms with E-state index in [2.05, 4.69) is 11.9 Å². The molecule has 0 aliphatic heterocycles. The topological polar surface area (TPSA) is 75.6 Å². The number of carboxylic acids is 1. The summed E-state index contributed by atoms with van der Waals surface area (Å²) in [7, 11) is 0. The van der Waals surface area contributed by atoms with Crippen LogP contribution in [0.15, 0.2) is 12.7 Å². The van der Waals surface area contributed by atoms with Crippen LogP contribution < -0.4 is 5.32 Å². The lowest BCUT2D eigenvalue weighted by Gasteiger charge is -2.31. The summed E-state index contributed by atoms with van der Waals surface area (Å²) in [5, 5.41) is 11.5. The van der Waals surface area contributed by atoms with Gasteiger partial charge in [-0.25, -0.2) is 9.59 Å². The lowest BCUT2D eigenvalue weighted by Crippen LogP contribution is -2.57. The Morgan fingerprint density at radius 1 is 1.35 bits per heavy atom. The summed E-state index contributed by atoms with van der Waals surface area (Å²) in [6.07, 6.45) is 0.724. The minimum absolute atomic E-state index is 0.424. The maximum Gasteiger partial charge on any atom is 0.408 e. The molecule has 98 valence electrons. The van der Waals surface area contributed by atoms with Crippen LogP contribution in [0.1, 0.15) is 34.6 Å². The van der Waals surface area contributed by atoms with Crippen LogP contribution in [0.5, 0.6) is 0 Å². The van der Waals surface area contributed by atoms with Gasteiger partial charge in [0.2, 0.25) is 0 Å². The number of carboxylic acid groups (broad SMARTS) is 1. The minimum Gasteiger partial charge on any atom is -0.479 e. The Bertz CT molecular complexity index is 319.